The van der Waals surface area contributed by atoms with Gasteiger partial charge in [0.1, 0.15) is 0 Å². The molecular weight excluding hydrogens is 198 g/mol. The van der Waals surface area contributed by atoms with Gasteiger partial charge < -0.3 is 15.4 Å². The van der Waals surface area contributed by atoms with Crippen LogP contribution in [0, 0.1) is 0 Å². The van der Waals surface area contributed by atoms with Crippen LogP contribution in [0.25, 0.3) is 0 Å². The van der Waals surface area contributed by atoms with E-state index >= 15 is 0 Å². The fourth-order valence-electron chi connectivity index (χ4n) is 1.44. The number of amides is 1. The van der Waals surface area contributed by atoms with Crippen molar-refractivity contribution in [1.82, 2.24) is 14.9 Å². The number of aliphatic hydroxyl groups is 1. The summed E-state index contributed by atoms with van der Waals surface area (Å²) < 4.78 is 1.69. The van der Waals surface area contributed by atoms with Crippen molar-refractivity contribution < 1.29 is 9.90 Å². The van der Waals surface area contributed by atoms with Gasteiger partial charge in [0, 0.05) is 6.54 Å². The molecule has 0 unspecified atom stereocenters. The SMILES string of the molecule is NC1=NCc2c(ncn2CCO)C(=O)N1. The van der Waals surface area contributed by atoms with E-state index < -0.39 is 0 Å². The van der Waals surface area contributed by atoms with Gasteiger partial charge >= 0.3 is 0 Å². The van der Waals surface area contributed by atoms with E-state index in [1.54, 1.807) is 4.57 Å². The van der Waals surface area contributed by atoms with E-state index in [2.05, 4.69) is 15.3 Å². The molecule has 80 valence electrons. The van der Waals surface area contributed by atoms with Crippen LogP contribution in [0.15, 0.2) is 11.3 Å². The van der Waals surface area contributed by atoms with E-state index in [0.717, 1.165) is 0 Å². The summed E-state index contributed by atoms with van der Waals surface area (Å²) in [5.41, 5.74) is 6.40. The van der Waals surface area contributed by atoms with Crippen molar-refractivity contribution in [3.63, 3.8) is 0 Å². The lowest BCUT2D eigenvalue weighted by Gasteiger charge is -2.03. The van der Waals surface area contributed by atoms with E-state index in [0.29, 0.717) is 24.5 Å². The van der Waals surface area contributed by atoms with E-state index in [9.17, 15) is 4.79 Å². The van der Waals surface area contributed by atoms with Gasteiger partial charge in [0.2, 0.25) is 0 Å². The van der Waals surface area contributed by atoms with Crippen molar-refractivity contribution in [3.05, 3.63) is 17.7 Å². The van der Waals surface area contributed by atoms with Crippen LogP contribution in [0.2, 0.25) is 0 Å². The Labute approximate surface area is 85.6 Å². The molecule has 1 aromatic rings. The van der Waals surface area contributed by atoms with Gasteiger partial charge in [0.05, 0.1) is 25.2 Å². The maximum absolute atomic E-state index is 11.5. The minimum Gasteiger partial charge on any atom is -0.395 e. The molecule has 0 fully saturated rings. The molecule has 1 aliphatic heterocycles. The number of aliphatic imine (C=N–C) groups is 1. The molecule has 7 heteroatoms. The Balaban J connectivity index is 2.40. The molecule has 0 bridgehead atoms. The van der Waals surface area contributed by atoms with Gasteiger partial charge in [-0.3, -0.25) is 10.1 Å². The molecule has 0 spiro atoms. The van der Waals surface area contributed by atoms with Crippen molar-refractivity contribution in [3.8, 4) is 0 Å². The number of nitrogens with zero attached hydrogens (tertiary/aromatic N) is 3. The third kappa shape index (κ3) is 1.68. The molecule has 7 nitrogen and oxygen atoms in total. The summed E-state index contributed by atoms with van der Waals surface area (Å²) in [6, 6.07) is 0. The Kier molecular flexibility index (Phi) is 2.38. The smallest absolute Gasteiger partial charge is 0.278 e. The second-order valence-electron chi connectivity index (χ2n) is 3.11. The zero-order valence-electron chi connectivity index (χ0n) is 7.97. The lowest BCUT2D eigenvalue weighted by atomic mass is 10.3. The molecule has 1 amide bonds. The highest BCUT2D eigenvalue weighted by Crippen LogP contribution is 2.11. The summed E-state index contributed by atoms with van der Waals surface area (Å²) >= 11 is 0. The Morgan fingerprint density at radius 1 is 1.67 bits per heavy atom. The Hall–Kier alpha value is -1.89. The summed E-state index contributed by atoms with van der Waals surface area (Å²) in [5.74, 6) is -0.269. The van der Waals surface area contributed by atoms with Crippen LogP contribution in [0.4, 0.5) is 0 Å². The molecule has 0 saturated carbocycles. The van der Waals surface area contributed by atoms with Crippen LogP contribution < -0.4 is 11.1 Å². The number of nitrogens with one attached hydrogen (secondary N) is 1. The molecular formula is C8H11N5O2. The van der Waals surface area contributed by atoms with Gasteiger partial charge in [-0.1, -0.05) is 0 Å². The lowest BCUT2D eigenvalue weighted by Crippen LogP contribution is -2.35. The summed E-state index contributed by atoms with van der Waals surface area (Å²) in [4.78, 5) is 19.4. The molecule has 0 radical (unpaired) electrons. The Bertz CT molecular complexity index is 423. The van der Waals surface area contributed by atoms with Crippen LogP contribution in [-0.4, -0.2) is 33.1 Å². The Morgan fingerprint density at radius 3 is 3.20 bits per heavy atom. The van der Waals surface area contributed by atoms with Crippen LogP contribution in [0.1, 0.15) is 16.2 Å². The largest absolute Gasteiger partial charge is 0.395 e. The van der Waals surface area contributed by atoms with E-state index in [1.165, 1.54) is 6.33 Å². The normalized spacial score (nSPS) is 15.3. The first-order chi connectivity index (χ1) is 7.22. The van der Waals surface area contributed by atoms with E-state index in [4.69, 9.17) is 10.8 Å². The monoisotopic (exact) mass is 209 g/mol. The van der Waals surface area contributed by atoms with Crippen LogP contribution in [-0.2, 0) is 13.1 Å². The van der Waals surface area contributed by atoms with Crippen molar-refractivity contribution in [2.45, 2.75) is 13.1 Å². The quantitative estimate of drug-likeness (QED) is 0.547. The first kappa shape index (κ1) is 9.66. The number of nitrogens with two attached hydrogens (primary N) is 1. The second kappa shape index (κ2) is 3.70. The number of guanidine groups is 1. The number of carbonyl (C=O) groups excluding carboxylic acids is 1. The van der Waals surface area contributed by atoms with Gasteiger partial charge in [0.25, 0.3) is 5.91 Å². The summed E-state index contributed by atoms with van der Waals surface area (Å²) in [6.45, 7) is 0.675. The maximum atomic E-state index is 11.5. The molecule has 1 aliphatic rings. The zero-order valence-corrected chi connectivity index (χ0v) is 7.97. The lowest BCUT2D eigenvalue weighted by molar-refractivity contribution is 0.0972. The van der Waals surface area contributed by atoms with Gasteiger partial charge in [-0.25, -0.2) is 9.98 Å². The van der Waals surface area contributed by atoms with Crippen molar-refractivity contribution >= 4 is 11.9 Å². The molecule has 0 aromatic carbocycles. The van der Waals surface area contributed by atoms with Crippen molar-refractivity contribution in [2.24, 2.45) is 10.7 Å². The molecule has 15 heavy (non-hydrogen) atoms. The molecule has 2 rings (SSSR count). The number of aromatic nitrogens is 2. The standard InChI is InChI=1S/C8H11N5O2/c9-8-10-3-5-6(7(15)12-8)11-4-13(5)1-2-14/h4,14H,1-3H2,(H3,9,10,12,15). The number of hydrogen-bond donors (Lipinski definition) is 3. The van der Waals surface area contributed by atoms with Gasteiger partial charge in [-0.2, -0.15) is 0 Å². The summed E-state index contributed by atoms with van der Waals surface area (Å²) in [7, 11) is 0. The fraction of sp³-hybridized carbons (Fsp3) is 0.375. The second-order valence-corrected chi connectivity index (χ2v) is 3.11. The number of carbonyl (C=O) groups is 1. The highest BCUT2D eigenvalue weighted by atomic mass is 16.3. The Morgan fingerprint density at radius 2 is 2.47 bits per heavy atom. The highest BCUT2D eigenvalue weighted by molar-refractivity contribution is 6.05. The van der Waals surface area contributed by atoms with Gasteiger partial charge in [-0.15, -0.1) is 0 Å². The third-order valence-corrected chi connectivity index (χ3v) is 2.14. The molecule has 0 atom stereocenters. The van der Waals surface area contributed by atoms with Crippen molar-refractivity contribution in [2.75, 3.05) is 6.61 Å². The van der Waals surface area contributed by atoms with Gasteiger partial charge in [-0.05, 0) is 0 Å². The number of fused-ring (bicyclic) bond motifs is 1. The molecule has 4 N–H and O–H groups in total. The first-order valence-corrected chi connectivity index (χ1v) is 4.48. The van der Waals surface area contributed by atoms with Crippen LogP contribution in [0.5, 0.6) is 0 Å². The zero-order chi connectivity index (χ0) is 10.8. The highest BCUT2D eigenvalue weighted by Gasteiger charge is 2.20. The van der Waals surface area contributed by atoms with Crippen LogP contribution in [0.3, 0.4) is 0 Å². The third-order valence-electron chi connectivity index (χ3n) is 2.14. The van der Waals surface area contributed by atoms with E-state index in [1.807, 2.05) is 0 Å². The minimum atomic E-state index is -0.361. The number of aliphatic hydroxyl groups excluding tert-OH is 1. The first-order valence-electron chi connectivity index (χ1n) is 4.48. The molecule has 0 saturated heterocycles. The summed E-state index contributed by atoms with van der Waals surface area (Å²) in [5, 5.41) is 11.2. The predicted octanol–water partition coefficient (Wildman–Crippen LogP) is -1.57. The topological polar surface area (TPSA) is 106 Å². The number of rotatable bonds is 2. The molecule has 1 aromatic heterocycles. The van der Waals surface area contributed by atoms with Crippen molar-refractivity contribution in [1.29, 1.82) is 0 Å². The maximum Gasteiger partial charge on any atom is 0.278 e. The van der Waals surface area contributed by atoms with E-state index in [-0.39, 0.29) is 18.5 Å². The summed E-state index contributed by atoms with van der Waals surface area (Å²) in [6.07, 6.45) is 1.51. The van der Waals surface area contributed by atoms with Gasteiger partial charge in [0.15, 0.2) is 11.7 Å². The minimum absolute atomic E-state index is 0.0103. The molecule has 0 aliphatic carbocycles. The average Bonchev–Trinajstić information content (AvgIpc) is 2.52. The fourth-order valence-corrected chi connectivity index (χ4v) is 1.44. The van der Waals surface area contributed by atoms with Crippen LogP contribution >= 0.6 is 0 Å². The predicted molar refractivity (Wildman–Crippen MR) is 52.1 cm³/mol. The molecule has 2 heterocycles. The average molecular weight is 209 g/mol. The number of imidazole rings is 1. The number of hydrogen-bond acceptors (Lipinski definition) is 5.